The van der Waals surface area contributed by atoms with Crippen molar-refractivity contribution in [3.05, 3.63) is 59.2 Å². The van der Waals surface area contributed by atoms with Crippen LogP contribution in [0.2, 0.25) is 0 Å². The van der Waals surface area contributed by atoms with Gasteiger partial charge < -0.3 is 9.84 Å². The second-order valence-corrected chi connectivity index (χ2v) is 4.64. The lowest BCUT2D eigenvalue weighted by Gasteiger charge is -2.04. The Morgan fingerprint density at radius 3 is 2.75 bits per heavy atom. The van der Waals surface area contributed by atoms with Gasteiger partial charge in [-0.05, 0) is 42.7 Å². The summed E-state index contributed by atoms with van der Waals surface area (Å²) in [4.78, 5) is 4.37. The molecule has 0 heterocycles. The highest BCUT2D eigenvalue weighted by molar-refractivity contribution is 5.84. The first-order chi connectivity index (χ1) is 9.70. The lowest BCUT2D eigenvalue weighted by atomic mass is 10.1. The van der Waals surface area contributed by atoms with Crippen molar-refractivity contribution in [2.45, 2.75) is 13.3 Å². The summed E-state index contributed by atoms with van der Waals surface area (Å²) in [5.74, 6) is 0.925. The third-order valence-corrected chi connectivity index (χ3v) is 3.24. The largest absolute Gasteiger partial charge is 0.507 e. The van der Waals surface area contributed by atoms with Crippen LogP contribution >= 0.6 is 0 Å². The number of hydrogen-bond donors (Lipinski definition) is 1. The van der Waals surface area contributed by atoms with E-state index in [9.17, 15) is 5.11 Å². The minimum atomic E-state index is 0.213. The second kappa shape index (κ2) is 6.75. The SMILES string of the molecule is COc1ccc(O)c(C=NCCc2ccccc2C)c1. The molecule has 0 fully saturated rings. The fourth-order valence-corrected chi connectivity index (χ4v) is 2.00. The minimum absolute atomic E-state index is 0.213. The van der Waals surface area contributed by atoms with E-state index in [0.29, 0.717) is 17.9 Å². The van der Waals surface area contributed by atoms with Crippen molar-refractivity contribution in [2.75, 3.05) is 13.7 Å². The van der Waals surface area contributed by atoms with Crippen LogP contribution in [0.4, 0.5) is 0 Å². The highest BCUT2D eigenvalue weighted by Crippen LogP contribution is 2.21. The smallest absolute Gasteiger partial charge is 0.124 e. The van der Waals surface area contributed by atoms with E-state index in [1.54, 1.807) is 31.5 Å². The van der Waals surface area contributed by atoms with Crippen LogP contribution in [0.3, 0.4) is 0 Å². The van der Waals surface area contributed by atoms with Crippen molar-refractivity contribution in [3.8, 4) is 11.5 Å². The van der Waals surface area contributed by atoms with Crippen molar-refractivity contribution in [1.82, 2.24) is 0 Å². The lowest BCUT2D eigenvalue weighted by Crippen LogP contribution is -1.94. The van der Waals surface area contributed by atoms with Crippen molar-refractivity contribution in [1.29, 1.82) is 0 Å². The van der Waals surface area contributed by atoms with Gasteiger partial charge in [-0.1, -0.05) is 24.3 Å². The number of rotatable bonds is 5. The maximum absolute atomic E-state index is 9.74. The molecule has 1 N–H and O–H groups in total. The van der Waals surface area contributed by atoms with Crippen molar-refractivity contribution in [3.63, 3.8) is 0 Å². The van der Waals surface area contributed by atoms with E-state index in [4.69, 9.17) is 4.74 Å². The molecular formula is C17H19NO2. The molecule has 0 radical (unpaired) electrons. The van der Waals surface area contributed by atoms with Gasteiger partial charge >= 0.3 is 0 Å². The number of benzene rings is 2. The van der Waals surface area contributed by atoms with E-state index < -0.39 is 0 Å². The summed E-state index contributed by atoms with van der Waals surface area (Å²) in [7, 11) is 1.60. The Bertz CT molecular complexity index is 606. The van der Waals surface area contributed by atoms with Crippen LogP contribution in [-0.2, 0) is 6.42 Å². The summed E-state index contributed by atoms with van der Waals surface area (Å²) in [5, 5.41) is 9.74. The van der Waals surface area contributed by atoms with Crippen LogP contribution in [0.5, 0.6) is 11.5 Å². The minimum Gasteiger partial charge on any atom is -0.507 e. The van der Waals surface area contributed by atoms with Crippen LogP contribution < -0.4 is 4.74 Å². The van der Waals surface area contributed by atoms with E-state index in [0.717, 1.165) is 6.42 Å². The Kier molecular flexibility index (Phi) is 4.77. The van der Waals surface area contributed by atoms with E-state index in [-0.39, 0.29) is 5.75 Å². The summed E-state index contributed by atoms with van der Waals surface area (Å²) in [6, 6.07) is 13.4. The standard InChI is InChI=1S/C17H19NO2/c1-13-5-3-4-6-14(13)9-10-18-12-15-11-16(20-2)7-8-17(15)19/h3-8,11-12,19H,9-10H2,1-2H3. The molecule has 2 aromatic carbocycles. The van der Waals surface area contributed by atoms with E-state index in [2.05, 4.69) is 24.0 Å². The van der Waals surface area contributed by atoms with Gasteiger partial charge in [0.05, 0.1) is 7.11 Å². The van der Waals surface area contributed by atoms with E-state index >= 15 is 0 Å². The van der Waals surface area contributed by atoms with Gasteiger partial charge in [-0.2, -0.15) is 0 Å². The van der Waals surface area contributed by atoms with Gasteiger partial charge in [0.15, 0.2) is 0 Å². The molecule has 0 unspecified atom stereocenters. The van der Waals surface area contributed by atoms with Gasteiger partial charge in [0.2, 0.25) is 0 Å². The molecule has 2 aromatic rings. The maximum atomic E-state index is 9.74. The van der Waals surface area contributed by atoms with Gasteiger partial charge in [-0.15, -0.1) is 0 Å². The molecule has 0 saturated heterocycles. The number of nitrogens with zero attached hydrogens (tertiary/aromatic N) is 1. The van der Waals surface area contributed by atoms with Crippen LogP contribution in [0, 0.1) is 6.92 Å². The Hall–Kier alpha value is -2.29. The molecule has 3 heteroatoms. The summed E-state index contributed by atoms with van der Waals surface area (Å²) in [5.41, 5.74) is 3.26. The number of aromatic hydroxyl groups is 1. The first-order valence-electron chi connectivity index (χ1n) is 6.62. The fourth-order valence-electron chi connectivity index (χ4n) is 2.00. The van der Waals surface area contributed by atoms with E-state index in [1.807, 2.05) is 12.1 Å². The molecule has 104 valence electrons. The Labute approximate surface area is 119 Å². The number of methoxy groups -OCH3 is 1. The molecule has 0 aliphatic carbocycles. The average molecular weight is 269 g/mol. The number of phenolic OH excluding ortho intramolecular Hbond substituents is 1. The summed E-state index contributed by atoms with van der Waals surface area (Å²) in [6.45, 7) is 2.80. The molecule has 20 heavy (non-hydrogen) atoms. The number of aryl methyl sites for hydroxylation is 1. The zero-order chi connectivity index (χ0) is 14.4. The fraction of sp³-hybridized carbons (Fsp3) is 0.235. The molecule has 0 atom stereocenters. The second-order valence-electron chi connectivity index (χ2n) is 4.64. The van der Waals surface area contributed by atoms with Crippen LogP contribution in [-0.4, -0.2) is 25.0 Å². The summed E-state index contributed by atoms with van der Waals surface area (Å²) >= 11 is 0. The molecule has 0 aromatic heterocycles. The average Bonchev–Trinajstić information content (AvgIpc) is 2.47. The predicted octanol–water partition coefficient (Wildman–Crippen LogP) is 3.37. The maximum Gasteiger partial charge on any atom is 0.124 e. The quantitative estimate of drug-likeness (QED) is 0.846. The highest BCUT2D eigenvalue weighted by atomic mass is 16.5. The number of ether oxygens (including phenoxy) is 1. The molecule has 0 aliphatic heterocycles. The van der Waals surface area contributed by atoms with Gasteiger partial charge in [-0.25, -0.2) is 0 Å². The summed E-state index contributed by atoms with van der Waals surface area (Å²) in [6.07, 6.45) is 2.59. The number of hydrogen-bond acceptors (Lipinski definition) is 3. The van der Waals surface area contributed by atoms with Gasteiger partial charge in [0.1, 0.15) is 11.5 Å². The van der Waals surface area contributed by atoms with Gasteiger partial charge in [-0.3, -0.25) is 4.99 Å². The lowest BCUT2D eigenvalue weighted by molar-refractivity contribution is 0.412. The highest BCUT2D eigenvalue weighted by Gasteiger charge is 2.00. The van der Waals surface area contributed by atoms with Crippen molar-refractivity contribution in [2.24, 2.45) is 4.99 Å². The van der Waals surface area contributed by atoms with Gasteiger partial charge in [0.25, 0.3) is 0 Å². The zero-order valence-corrected chi connectivity index (χ0v) is 11.8. The molecule has 0 saturated carbocycles. The first kappa shape index (κ1) is 14.1. The van der Waals surface area contributed by atoms with Crippen molar-refractivity contribution < 1.29 is 9.84 Å². The Balaban J connectivity index is 1.99. The first-order valence-corrected chi connectivity index (χ1v) is 6.62. The molecule has 2 rings (SSSR count). The molecule has 0 spiro atoms. The van der Waals surface area contributed by atoms with Crippen LogP contribution in [0.1, 0.15) is 16.7 Å². The molecule has 0 bridgehead atoms. The molecule has 3 nitrogen and oxygen atoms in total. The summed E-state index contributed by atoms with van der Waals surface area (Å²) < 4.78 is 5.13. The van der Waals surface area contributed by atoms with E-state index in [1.165, 1.54) is 11.1 Å². The Morgan fingerprint density at radius 1 is 1.20 bits per heavy atom. The zero-order valence-electron chi connectivity index (χ0n) is 11.8. The molecule has 0 amide bonds. The van der Waals surface area contributed by atoms with Crippen LogP contribution in [0.15, 0.2) is 47.5 Å². The third-order valence-electron chi connectivity index (χ3n) is 3.24. The molecular weight excluding hydrogens is 250 g/mol. The molecule has 0 aliphatic rings. The van der Waals surface area contributed by atoms with Gasteiger partial charge in [0, 0.05) is 18.3 Å². The number of aliphatic imine (C=N–C) groups is 1. The monoisotopic (exact) mass is 269 g/mol. The van der Waals surface area contributed by atoms with Crippen LogP contribution in [0.25, 0.3) is 0 Å². The normalized spacial score (nSPS) is 10.9. The van der Waals surface area contributed by atoms with Crippen molar-refractivity contribution >= 4 is 6.21 Å². The predicted molar refractivity (Wildman–Crippen MR) is 82.0 cm³/mol. The topological polar surface area (TPSA) is 41.8 Å². The third kappa shape index (κ3) is 3.60. The Morgan fingerprint density at radius 2 is 2.00 bits per heavy atom. The number of phenols is 1.